The molecule has 2 aromatic carbocycles. The van der Waals surface area contributed by atoms with Gasteiger partial charge in [0.1, 0.15) is 0 Å². The van der Waals surface area contributed by atoms with E-state index in [9.17, 15) is 9.59 Å². The van der Waals surface area contributed by atoms with Crippen molar-refractivity contribution in [1.29, 1.82) is 0 Å². The molecule has 0 atom stereocenters. The van der Waals surface area contributed by atoms with Crippen LogP contribution in [0.4, 0.5) is 11.4 Å². The van der Waals surface area contributed by atoms with E-state index in [0.717, 1.165) is 16.9 Å². The molecule has 0 radical (unpaired) electrons. The molecule has 4 N–H and O–H groups in total. The Morgan fingerprint density at radius 3 is 2.33 bits per heavy atom. The van der Waals surface area contributed by atoms with Crippen molar-refractivity contribution in [1.82, 2.24) is 0 Å². The van der Waals surface area contributed by atoms with Gasteiger partial charge in [-0.1, -0.05) is 12.1 Å². The average molecular weight is 283 g/mol. The van der Waals surface area contributed by atoms with Gasteiger partial charge < -0.3 is 16.4 Å². The first-order valence-electron chi connectivity index (χ1n) is 6.55. The summed E-state index contributed by atoms with van der Waals surface area (Å²) in [6.45, 7) is 2.05. The molecule has 2 amide bonds. The van der Waals surface area contributed by atoms with Crippen molar-refractivity contribution >= 4 is 23.2 Å². The fourth-order valence-electron chi connectivity index (χ4n) is 1.91. The number of carbonyl (C=O) groups excluding carboxylic acids is 2. The van der Waals surface area contributed by atoms with Crippen LogP contribution in [-0.2, 0) is 11.3 Å². The normalized spacial score (nSPS) is 9.95. The molecule has 0 unspecified atom stereocenters. The van der Waals surface area contributed by atoms with Gasteiger partial charge in [-0.3, -0.25) is 9.59 Å². The van der Waals surface area contributed by atoms with Gasteiger partial charge in [0.2, 0.25) is 11.8 Å². The zero-order chi connectivity index (χ0) is 15.2. The molecule has 108 valence electrons. The number of hydrogen-bond donors (Lipinski definition) is 3. The zero-order valence-corrected chi connectivity index (χ0v) is 11.7. The Balaban J connectivity index is 1.98. The number of carbonyl (C=O) groups is 2. The highest BCUT2D eigenvalue weighted by Gasteiger charge is 2.01. The van der Waals surface area contributed by atoms with Crippen LogP contribution in [0.5, 0.6) is 0 Å². The van der Waals surface area contributed by atoms with Crippen molar-refractivity contribution in [2.24, 2.45) is 5.73 Å². The molecule has 0 spiro atoms. The van der Waals surface area contributed by atoms with Gasteiger partial charge in [-0.15, -0.1) is 0 Å². The molecule has 0 aliphatic carbocycles. The van der Waals surface area contributed by atoms with Crippen LogP contribution in [0, 0.1) is 0 Å². The molecular weight excluding hydrogens is 266 g/mol. The monoisotopic (exact) mass is 283 g/mol. The molecule has 5 nitrogen and oxygen atoms in total. The minimum absolute atomic E-state index is 0.0982. The van der Waals surface area contributed by atoms with E-state index in [1.807, 2.05) is 30.3 Å². The van der Waals surface area contributed by atoms with E-state index in [1.54, 1.807) is 18.2 Å². The Bertz CT molecular complexity index is 651. The Morgan fingerprint density at radius 2 is 1.71 bits per heavy atom. The highest BCUT2D eigenvalue weighted by Crippen LogP contribution is 2.15. The number of nitrogens with one attached hydrogen (secondary N) is 2. The summed E-state index contributed by atoms with van der Waals surface area (Å²) < 4.78 is 0. The van der Waals surface area contributed by atoms with E-state index in [0.29, 0.717) is 12.1 Å². The summed E-state index contributed by atoms with van der Waals surface area (Å²) in [5.74, 6) is -0.532. The highest BCUT2D eigenvalue weighted by atomic mass is 16.1. The van der Waals surface area contributed by atoms with Crippen molar-refractivity contribution in [3.8, 4) is 0 Å². The molecule has 21 heavy (non-hydrogen) atoms. The predicted octanol–water partition coefficient (Wildman–Crippen LogP) is 2.36. The van der Waals surface area contributed by atoms with Crippen LogP contribution in [0.2, 0.25) is 0 Å². The van der Waals surface area contributed by atoms with Crippen LogP contribution in [0.15, 0.2) is 48.5 Å². The van der Waals surface area contributed by atoms with Crippen molar-refractivity contribution in [3.05, 3.63) is 59.7 Å². The summed E-state index contributed by atoms with van der Waals surface area (Å²) in [6.07, 6.45) is 0. The third kappa shape index (κ3) is 4.35. The van der Waals surface area contributed by atoms with Gasteiger partial charge >= 0.3 is 0 Å². The summed E-state index contributed by atoms with van der Waals surface area (Å²) in [4.78, 5) is 22.1. The third-order valence-electron chi connectivity index (χ3n) is 2.91. The van der Waals surface area contributed by atoms with Gasteiger partial charge in [-0.2, -0.15) is 0 Å². The number of nitrogens with two attached hydrogens (primary N) is 1. The van der Waals surface area contributed by atoms with Gasteiger partial charge in [-0.05, 0) is 42.0 Å². The summed E-state index contributed by atoms with van der Waals surface area (Å²) in [7, 11) is 0. The number of rotatable bonds is 5. The van der Waals surface area contributed by atoms with Crippen LogP contribution >= 0.6 is 0 Å². The van der Waals surface area contributed by atoms with Crippen LogP contribution in [-0.4, -0.2) is 11.8 Å². The largest absolute Gasteiger partial charge is 0.381 e. The molecule has 0 fully saturated rings. The maximum atomic E-state index is 11.1. The van der Waals surface area contributed by atoms with Crippen molar-refractivity contribution in [3.63, 3.8) is 0 Å². The lowest BCUT2D eigenvalue weighted by atomic mass is 10.1. The van der Waals surface area contributed by atoms with Crippen LogP contribution in [0.3, 0.4) is 0 Å². The maximum absolute atomic E-state index is 11.1. The number of primary amides is 1. The lowest BCUT2D eigenvalue weighted by molar-refractivity contribution is -0.114. The van der Waals surface area contributed by atoms with Gasteiger partial charge in [0.15, 0.2) is 0 Å². The van der Waals surface area contributed by atoms with E-state index in [4.69, 9.17) is 5.73 Å². The molecule has 5 heteroatoms. The minimum Gasteiger partial charge on any atom is -0.381 e. The van der Waals surface area contributed by atoms with Gasteiger partial charge in [0, 0.05) is 30.4 Å². The fraction of sp³-hybridized carbons (Fsp3) is 0.125. The fourth-order valence-corrected chi connectivity index (χ4v) is 1.91. The van der Waals surface area contributed by atoms with Crippen molar-refractivity contribution in [2.75, 3.05) is 10.6 Å². The first-order chi connectivity index (χ1) is 10.0. The molecule has 0 saturated heterocycles. The second-order valence-corrected chi connectivity index (χ2v) is 4.68. The van der Waals surface area contributed by atoms with Gasteiger partial charge in [0.05, 0.1) is 0 Å². The van der Waals surface area contributed by atoms with E-state index in [1.165, 1.54) is 6.92 Å². The molecular formula is C16H17N3O2. The lowest BCUT2D eigenvalue weighted by Crippen LogP contribution is -2.11. The van der Waals surface area contributed by atoms with Gasteiger partial charge in [-0.25, -0.2) is 0 Å². The summed E-state index contributed by atoms with van der Waals surface area (Å²) in [5, 5.41) is 5.95. The molecule has 0 heterocycles. The molecule has 0 aliphatic rings. The number of hydrogen-bond acceptors (Lipinski definition) is 3. The topological polar surface area (TPSA) is 84.2 Å². The average Bonchev–Trinajstić information content (AvgIpc) is 2.46. The molecule has 2 rings (SSSR count). The molecule has 0 bridgehead atoms. The van der Waals surface area contributed by atoms with E-state index < -0.39 is 5.91 Å². The lowest BCUT2D eigenvalue weighted by Gasteiger charge is -2.08. The summed E-state index contributed by atoms with van der Waals surface area (Å²) in [6, 6.07) is 14.6. The Morgan fingerprint density at radius 1 is 1.05 bits per heavy atom. The molecule has 0 aliphatic heterocycles. The Kier molecular flexibility index (Phi) is 4.56. The number of amides is 2. The maximum Gasteiger partial charge on any atom is 0.248 e. The highest BCUT2D eigenvalue weighted by molar-refractivity contribution is 5.92. The minimum atomic E-state index is -0.434. The van der Waals surface area contributed by atoms with Crippen LogP contribution in [0.25, 0.3) is 0 Å². The van der Waals surface area contributed by atoms with E-state index in [2.05, 4.69) is 10.6 Å². The molecule has 2 aromatic rings. The van der Waals surface area contributed by atoms with E-state index in [-0.39, 0.29) is 5.91 Å². The van der Waals surface area contributed by atoms with Crippen LogP contribution < -0.4 is 16.4 Å². The number of benzene rings is 2. The second kappa shape index (κ2) is 6.56. The standard InChI is InChI=1S/C16H17N3O2/c1-11(20)19-15-7-5-14(6-8-15)18-10-12-3-2-4-13(9-12)16(17)21/h2-9,18H,10H2,1H3,(H2,17,21)(H,19,20). The third-order valence-corrected chi connectivity index (χ3v) is 2.91. The number of anilines is 2. The molecule has 0 saturated carbocycles. The predicted molar refractivity (Wildman–Crippen MR) is 83.0 cm³/mol. The SMILES string of the molecule is CC(=O)Nc1ccc(NCc2cccc(C(N)=O)c2)cc1. The Hall–Kier alpha value is -2.82. The summed E-state index contributed by atoms with van der Waals surface area (Å²) >= 11 is 0. The summed E-state index contributed by atoms with van der Waals surface area (Å²) in [5.41, 5.74) is 8.40. The first-order valence-corrected chi connectivity index (χ1v) is 6.55. The van der Waals surface area contributed by atoms with Crippen molar-refractivity contribution < 1.29 is 9.59 Å². The second-order valence-electron chi connectivity index (χ2n) is 4.68. The van der Waals surface area contributed by atoms with Crippen LogP contribution in [0.1, 0.15) is 22.8 Å². The van der Waals surface area contributed by atoms with E-state index >= 15 is 0 Å². The Labute approximate surface area is 123 Å². The van der Waals surface area contributed by atoms with Crippen molar-refractivity contribution in [2.45, 2.75) is 13.5 Å². The quantitative estimate of drug-likeness (QED) is 0.787. The van der Waals surface area contributed by atoms with Gasteiger partial charge in [0.25, 0.3) is 0 Å². The first kappa shape index (κ1) is 14.6. The smallest absolute Gasteiger partial charge is 0.248 e. The molecule has 0 aromatic heterocycles. The zero-order valence-electron chi connectivity index (χ0n) is 11.7.